The van der Waals surface area contributed by atoms with Crippen molar-refractivity contribution in [3.63, 3.8) is 0 Å². The van der Waals surface area contributed by atoms with E-state index in [-0.39, 0.29) is 11.9 Å². The van der Waals surface area contributed by atoms with Gasteiger partial charge < -0.3 is 10.6 Å². The number of likely N-dealkylation sites (tertiary alicyclic amines) is 1. The Balaban J connectivity index is 1.60. The van der Waals surface area contributed by atoms with Gasteiger partial charge in [0.15, 0.2) is 5.82 Å². The van der Waals surface area contributed by atoms with Crippen LogP contribution in [-0.4, -0.2) is 33.6 Å². The van der Waals surface area contributed by atoms with Crippen molar-refractivity contribution in [2.24, 2.45) is 0 Å². The van der Waals surface area contributed by atoms with Crippen LogP contribution in [0.4, 0.5) is 5.82 Å². The second-order valence-electron chi connectivity index (χ2n) is 6.71. The summed E-state index contributed by atoms with van der Waals surface area (Å²) in [6.07, 6.45) is 4.20. The lowest BCUT2D eigenvalue weighted by Crippen LogP contribution is -2.44. The maximum absolute atomic E-state index is 13.1. The molecule has 2 heterocycles. The summed E-state index contributed by atoms with van der Waals surface area (Å²) < 4.78 is 0. The van der Waals surface area contributed by atoms with E-state index in [9.17, 15) is 4.79 Å². The molecule has 1 aliphatic rings. The Morgan fingerprint density at radius 3 is 2.88 bits per heavy atom. The number of hydrogen-bond acceptors (Lipinski definition) is 3. The zero-order valence-corrected chi connectivity index (χ0v) is 14.1. The Hall–Kier alpha value is -2.82. The zero-order chi connectivity index (χ0) is 17.2. The molecule has 2 aromatic carbocycles. The van der Waals surface area contributed by atoms with Crippen LogP contribution in [0.3, 0.4) is 0 Å². The summed E-state index contributed by atoms with van der Waals surface area (Å²) in [5.74, 6) is 0.521. The van der Waals surface area contributed by atoms with Crippen molar-refractivity contribution in [3.8, 4) is 0 Å². The number of rotatable bonds is 3. The molecule has 5 heteroatoms. The van der Waals surface area contributed by atoms with Gasteiger partial charge in [0.2, 0.25) is 0 Å². The van der Waals surface area contributed by atoms with Crippen LogP contribution in [0.15, 0.2) is 48.5 Å². The molecule has 3 aromatic rings. The van der Waals surface area contributed by atoms with Gasteiger partial charge in [-0.05, 0) is 49.4 Å². The minimum atomic E-state index is 0.0862. The van der Waals surface area contributed by atoms with E-state index in [0.717, 1.165) is 36.7 Å². The molecule has 0 aliphatic carbocycles. The normalized spacial score (nSPS) is 17.8. The second-order valence-corrected chi connectivity index (χ2v) is 6.71. The molecule has 0 radical (unpaired) electrons. The largest absolute Gasteiger partial charge is 0.382 e. The molecule has 1 saturated heterocycles. The van der Waals surface area contributed by atoms with E-state index in [0.29, 0.717) is 11.4 Å². The highest BCUT2D eigenvalue weighted by atomic mass is 16.2. The molecule has 3 N–H and O–H groups in total. The highest BCUT2D eigenvalue weighted by molar-refractivity contribution is 6.00. The molecule has 0 spiro atoms. The number of hydrogen-bond donors (Lipinski definition) is 2. The monoisotopic (exact) mass is 334 g/mol. The first kappa shape index (κ1) is 15.7. The molecule has 1 aliphatic heterocycles. The van der Waals surface area contributed by atoms with Gasteiger partial charge in [-0.15, -0.1) is 0 Å². The SMILES string of the molecule is Nc1n[nH]c2ccc(C(=O)N3CCCCC3Cc3ccccc3)cc12. The molecular weight excluding hydrogens is 312 g/mol. The number of fused-ring (bicyclic) bond motifs is 1. The Morgan fingerprint density at radius 2 is 2.04 bits per heavy atom. The highest BCUT2D eigenvalue weighted by Crippen LogP contribution is 2.25. The summed E-state index contributed by atoms with van der Waals surface area (Å²) >= 11 is 0. The van der Waals surface area contributed by atoms with Crippen LogP contribution in [0.25, 0.3) is 10.9 Å². The molecule has 0 saturated carbocycles. The molecule has 25 heavy (non-hydrogen) atoms. The third-order valence-electron chi connectivity index (χ3n) is 5.04. The number of nitrogens with one attached hydrogen (secondary N) is 1. The van der Waals surface area contributed by atoms with E-state index in [1.54, 1.807) is 0 Å². The Morgan fingerprint density at radius 1 is 1.20 bits per heavy atom. The van der Waals surface area contributed by atoms with Gasteiger partial charge in [0.1, 0.15) is 0 Å². The minimum Gasteiger partial charge on any atom is -0.382 e. The van der Waals surface area contributed by atoms with Crippen molar-refractivity contribution in [3.05, 3.63) is 59.7 Å². The highest BCUT2D eigenvalue weighted by Gasteiger charge is 2.27. The fraction of sp³-hybridized carbons (Fsp3) is 0.300. The van der Waals surface area contributed by atoms with Gasteiger partial charge in [-0.25, -0.2) is 0 Å². The Bertz CT molecular complexity index is 887. The predicted octanol–water partition coefficient (Wildman–Crippen LogP) is 3.38. The van der Waals surface area contributed by atoms with Gasteiger partial charge in [-0.3, -0.25) is 9.89 Å². The number of piperidine rings is 1. The number of amides is 1. The Kier molecular flexibility index (Phi) is 4.14. The zero-order valence-electron chi connectivity index (χ0n) is 14.1. The number of H-pyrrole nitrogens is 1. The summed E-state index contributed by atoms with van der Waals surface area (Å²) in [7, 11) is 0. The topological polar surface area (TPSA) is 75.0 Å². The van der Waals surface area contributed by atoms with Crippen molar-refractivity contribution < 1.29 is 4.79 Å². The summed E-state index contributed by atoms with van der Waals surface area (Å²) in [6, 6.07) is 16.2. The van der Waals surface area contributed by atoms with E-state index in [1.807, 2.05) is 29.2 Å². The van der Waals surface area contributed by atoms with Crippen LogP contribution < -0.4 is 5.73 Å². The van der Waals surface area contributed by atoms with Crippen LogP contribution in [0, 0.1) is 0 Å². The maximum Gasteiger partial charge on any atom is 0.254 e. The van der Waals surface area contributed by atoms with E-state index in [4.69, 9.17) is 5.73 Å². The first-order valence-corrected chi connectivity index (χ1v) is 8.81. The summed E-state index contributed by atoms with van der Waals surface area (Å²) in [4.78, 5) is 15.2. The number of nitrogens with zero attached hydrogens (tertiary/aromatic N) is 2. The quantitative estimate of drug-likeness (QED) is 0.771. The average molecular weight is 334 g/mol. The number of aromatic amines is 1. The lowest BCUT2D eigenvalue weighted by molar-refractivity contribution is 0.0613. The van der Waals surface area contributed by atoms with Crippen LogP contribution >= 0.6 is 0 Å². The molecule has 1 atom stereocenters. The average Bonchev–Trinajstić information content (AvgIpc) is 3.03. The lowest BCUT2D eigenvalue weighted by Gasteiger charge is -2.36. The first-order valence-electron chi connectivity index (χ1n) is 8.81. The van der Waals surface area contributed by atoms with E-state index in [2.05, 4.69) is 34.5 Å². The van der Waals surface area contributed by atoms with Crippen LogP contribution in [-0.2, 0) is 6.42 Å². The number of benzene rings is 2. The molecule has 1 unspecified atom stereocenters. The number of nitrogens with two attached hydrogens (primary N) is 1. The number of carbonyl (C=O) groups excluding carboxylic acids is 1. The van der Waals surface area contributed by atoms with Crippen molar-refractivity contribution in [1.82, 2.24) is 15.1 Å². The van der Waals surface area contributed by atoms with Gasteiger partial charge in [0.05, 0.1) is 5.52 Å². The summed E-state index contributed by atoms with van der Waals surface area (Å²) in [6.45, 7) is 0.815. The fourth-order valence-corrected chi connectivity index (χ4v) is 3.70. The van der Waals surface area contributed by atoms with Crippen molar-refractivity contribution in [1.29, 1.82) is 0 Å². The number of anilines is 1. The van der Waals surface area contributed by atoms with Gasteiger partial charge in [0, 0.05) is 23.5 Å². The molecule has 1 fully saturated rings. The maximum atomic E-state index is 13.1. The number of nitrogen functional groups attached to an aromatic ring is 1. The minimum absolute atomic E-state index is 0.0862. The van der Waals surface area contributed by atoms with Gasteiger partial charge >= 0.3 is 0 Å². The van der Waals surface area contributed by atoms with E-state index >= 15 is 0 Å². The predicted molar refractivity (Wildman–Crippen MR) is 99.3 cm³/mol. The number of aromatic nitrogens is 2. The molecule has 1 aromatic heterocycles. The molecule has 1 amide bonds. The van der Waals surface area contributed by atoms with Crippen molar-refractivity contribution in [2.75, 3.05) is 12.3 Å². The van der Waals surface area contributed by atoms with Crippen LogP contribution in [0.1, 0.15) is 35.2 Å². The first-order chi connectivity index (χ1) is 12.2. The molecular formula is C20H22N4O. The van der Waals surface area contributed by atoms with Crippen LogP contribution in [0.2, 0.25) is 0 Å². The van der Waals surface area contributed by atoms with Gasteiger partial charge in [-0.1, -0.05) is 30.3 Å². The molecule has 5 nitrogen and oxygen atoms in total. The van der Waals surface area contributed by atoms with E-state index < -0.39 is 0 Å². The summed E-state index contributed by atoms with van der Waals surface area (Å²) in [5, 5.41) is 7.69. The third kappa shape index (κ3) is 3.09. The van der Waals surface area contributed by atoms with Crippen LogP contribution in [0.5, 0.6) is 0 Å². The second kappa shape index (κ2) is 6.59. The Labute approximate surface area is 146 Å². The van der Waals surface area contributed by atoms with E-state index in [1.165, 1.54) is 12.0 Å². The fourth-order valence-electron chi connectivity index (χ4n) is 3.70. The van der Waals surface area contributed by atoms with Gasteiger partial charge in [-0.2, -0.15) is 5.10 Å². The van der Waals surface area contributed by atoms with Crippen molar-refractivity contribution in [2.45, 2.75) is 31.7 Å². The molecule has 4 rings (SSSR count). The van der Waals surface area contributed by atoms with Gasteiger partial charge in [0.25, 0.3) is 5.91 Å². The number of carbonyl (C=O) groups is 1. The standard InChI is InChI=1S/C20H22N4O/c21-19-17-13-15(9-10-18(17)22-23-19)20(25)24-11-5-4-8-16(24)12-14-6-2-1-3-7-14/h1-3,6-7,9-10,13,16H,4-5,8,11-12H2,(H3,21,22,23). The van der Waals surface area contributed by atoms with Crippen molar-refractivity contribution >= 4 is 22.6 Å². The summed E-state index contributed by atoms with van der Waals surface area (Å²) in [5.41, 5.74) is 8.70. The molecule has 0 bridgehead atoms. The smallest absolute Gasteiger partial charge is 0.254 e. The lowest BCUT2D eigenvalue weighted by atomic mass is 9.94. The third-order valence-corrected chi connectivity index (χ3v) is 5.04. The molecule has 128 valence electrons.